The Bertz CT molecular complexity index is 690. The van der Waals surface area contributed by atoms with Crippen LogP contribution in [0.3, 0.4) is 0 Å². The smallest absolute Gasteiger partial charge is 0.194 e. The van der Waals surface area contributed by atoms with Crippen molar-refractivity contribution in [3.05, 3.63) is 53.2 Å². The Kier molecular flexibility index (Phi) is 5.09. The van der Waals surface area contributed by atoms with E-state index >= 15 is 0 Å². The maximum Gasteiger partial charge on any atom is 0.194 e. The second-order valence-corrected chi connectivity index (χ2v) is 4.67. The van der Waals surface area contributed by atoms with Gasteiger partial charge in [-0.3, -0.25) is 4.99 Å². The first kappa shape index (κ1) is 15.5. The third kappa shape index (κ3) is 3.82. The van der Waals surface area contributed by atoms with Crippen LogP contribution in [0.25, 0.3) is 0 Å². The number of nitrogens with zero attached hydrogens (tertiary/aromatic N) is 4. The fourth-order valence-corrected chi connectivity index (χ4v) is 1.98. The number of guanidine groups is 1. The molecule has 1 aromatic heterocycles. The van der Waals surface area contributed by atoms with Gasteiger partial charge >= 0.3 is 0 Å². The lowest BCUT2D eigenvalue weighted by Gasteiger charge is -2.21. The number of aliphatic imine (C=N–C) groups is 1. The lowest BCUT2D eigenvalue weighted by atomic mass is 10.1. The zero-order valence-corrected chi connectivity index (χ0v) is 12.4. The van der Waals surface area contributed by atoms with Crippen LogP contribution in [0.4, 0.5) is 4.39 Å². The normalized spacial score (nSPS) is 11.1. The summed E-state index contributed by atoms with van der Waals surface area (Å²) in [6.45, 7) is 0.744. The molecule has 0 aliphatic heterocycles. The van der Waals surface area contributed by atoms with Crippen molar-refractivity contribution in [2.75, 3.05) is 14.1 Å². The molecule has 6 nitrogen and oxygen atoms in total. The van der Waals surface area contributed by atoms with E-state index in [1.54, 1.807) is 13.1 Å². The SMILES string of the molecule is CN=C(NCc1cc(C#N)ccc1F)N(C)Cc1ccon1. The van der Waals surface area contributed by atoms with E-state index in [1.807, 2.05) is 18.0 Å². The molecule has 7 heteroatoms. The summed E-state index contributed by atoms with van der Waals surface area (Å²) in [6, 6.07) is 8.02. The molecule has 0 bridgehead atoms. The van der Waals surface area contributed by atoms with Crippen LogP contribution in [0.1, 0.15) is 16.8 Å². The molecule has 0 atom stereocenters. The molecule has 0 saturated heterocycles. The van der Waals surface area contributed by atoms with Gasteiger partial charge in [-0.25, -0.2) is 4.39 Å². The number of benzene rings is 1. The molecular weight excluding hydrogens is 285 g/mol. The Morgan fingerprint density at radius 3 is 2.95 bits per heavy atom. The maximum atomic E-state index is 13.7. The number of hydrogen-bond donors (Lipinski definition) is 1. The van der Waals surface area contributed by atoms with Crippen molar-refractivity contribution in [3.8, 4) is 6.07 Å². The van der Waals surface area contributed by atoms with E-state index < -0.39 is 0 Å². The second-order valence-electron chi connectivity index (χ2n) is 4.67. The van der Waals surface area contributed by atoms with Crippen molar-refractivity contribution in [2.24, 2.45) is 4.99 Å². The number of rotatable bonds is 4. The van der Waals surface area contributed by atoms with Crippen molar-refractivity contribution in [1.82, 2.24) is 15.4 Å². The number of nitrogens with one attached hydrogen (secondary N) is 1. The third-order valence-electron chi connectivity index (χ3n) is 3.08. The third-order valence-corrected chi connectivity index (χ3v) is 3.08. The van der Waals surface area contributed by atoms with Crippen LogP contribution < -0.4 is 5.32 Å². The van der Waals surface area contributed by atoms with E-state index in [0.717, 1.165) is 5.69 Å². The summed E-state index contributed by atoms with van der Waals surface area (Å²) >= 11 is 0. The molecule has 1 aromatic carbocycles. The van der Waals surface area contributed by atoms with Crippen molar-refractivity contribution < 1.29 is 8.91 Å². The van der Waals surface area contributed by atoms with Crippen molar-refractivity contribution in [3.63, 3.8) is 0 Å². The standard InChI is InChI=1S/C15H16FN5O/c1-18-15(21(2)10-13-5-6-22-20-13)19-9-12-7-11(8-17)3-4-14(12)16/h3-7H,9-10H2,1-2H3,(H,18,19). The van der Waals surface area contributed by atoms with Gasteiger partial charge in [0, 0.05) is 32.3 Å². The van der Waals surface area contributed by atoms with Gasteiger partial charge in [-0.15, -0.1) is 0 Å². The molecule has 0 aliphatic rings. The predicted octanol–water partition coefficient (Wildman–Crippen LogP) is 1.89. The van der Waals surface area contributed by atoms with Gasteiger partial charge < -0.3 is 14.7 Å². The van der Waals surface area contributed by atoms with E-state index in [9.17, 15) is 4.39 Å². The lowest BCUT2D eigenvalue weighted by molar-refractivity contribution is 0.391. The van der Waals surface area contributed by atoms with Crippen LogP contribution in [-0.2, 0) is 13.1 Å². The lowest BCUT2D eigenvalue weighted by Crippen LogP contribution is -2.38. The van der Waals surface area contributed by atoms with Gasteiger partial charge in [0.2, 0.25) is 0 Å². The first-order valence-electron chi connectivity index (χ1n) is 6.63. The summed E-state index contributed by atoms with van der Waals surface area (Å²) in [5, 5.41) is 15.8. The molecule has 114 valence electrons. The van der Waals surface area contributed by atoms with E-state index in [2.05, 4.69) is 15.5 Å². The summed E-state index contributed by atoms with van der Waals surface area (Å²) in [5.74, 6) is 0.228. The highest BCUT2D eigenvalue weighted by atomic mass is 19.1. The molecule has 0 radical (unpaired) electrons. The number of hydrogen-bond acceptors (Lipinski definition) is 4. The molecule has 2 aromatic rings. The minimum Gasteiger partial charge on any atom is -0.364 e. The van der Waals surface area contributed by atoms with Crippen LogP contribution in [-0.4, -0.2) is 30.1 Å². The Labute approximate surface area is 127 Å². The zero-order chi connectivity index (χ0) is 15.9. The molecule has 0 amide bonds. The highest BCUT2D eigenvalue weighted by Gasteiger charge is 2.10. The van der Waals surface area contributed by atoms with Gasteiger partial charge in [0.25, 0.3) is 0 Å². The largest absolute Gasteiger partial charge is 0.364 e. The van der Waals surface area contributed by atoms with Gasteiger partial charge in [0.15, 0.2) is 5.96 Å². The molecule has 1 N–H and O–H groups in total. The Morgan fingerprint density at radius 1 is 1.50 bits per heavy atom. The van der Waals surface area contributed by atoms with E-state index in [1.165, 1.54) is 24.5 Å². The summed E-state index contributed by atoms with van der Waals surface area (Å²) in [6.07, 6.45) is 1.50. The fourth-order valence-electron chi connectivity index (χ4n) is 1.98. The minimum atomic E-state index is -0.360. The summed E-state index contributed by atoms with van der Waals surface area (Å²) in [4.78, 5) is 5.98. The van der Waals surface area contributed by atoms with Crippen LogP contribution in [0.15, 0.2) is 40.0 Å². The summed E-state index contributed by atoms with van der Waals surface area (Å²) < 4.78 is 18.5. The minimum absolute atomic E-state index is 0.233. The molecular formula is C15H16FN5O. The van der Waals surface area contributed by atoms with Crippen LogP contribution >= 0.6 is 0 Å². The van der Waals surface area contributed by atoms with Crippen molar-refractivity contribution in [1.29, 1.82) is 5.26 Å². The topological polar surface area (TPSA) is 77.5 Å². The Morgan fingerprint density at radius 2 is 2.32 bits per heavy atom. The molecule has 0 aliphatic carbocycles. The zero-order valence-electron chi connectivity index (χ0n) is 12.4. The first-order chi connectivity index (χ1) is 10.6. The second kappa shape index (κ2) is 7.22. The van der Waals surface area contributed by atoms with Gasteiger partial charge in [-0.2, -0.15) is 5.26 Å². The molecule has 22 heavy (non-hydrogen) atoms. The van der Waals surface area contributed by atoms with Gasteiger partial charge in [-0.1, -0.05) is 5.16 Å². The monoisotopic (exact) mass is 301 g/mol. The number of aromatic nitrogens is 1. The van der Waals surface area contributed by atoms with Crippen molar-refractivity contribution in [2.45, 2.75) is 13.1 Å². The molecule has 0 fully saturated rings. The highest BCUT2D eigenvalue weighted by molar-refractivity contribution is 5.79. The predicted molar refractivity (Wildman–Crippen MR) is 79.3 cm³/mol. The van der Waals surface area contributed by atoms with Crippen LogP contribution in [0.5, 0.6) is 0 Å². The maximum absolute atomic E-state index is 13.7. The molecule has 1 heterocycles. The summed E-state index contributed by atoms with van der Waals surface area (Å²) in [7, 11) is 3.48. The fraction of sp³-hybridized carbons (Fsp3) is 0.267. The van der Waals surface area contributed by atoms with E-state index in [-0.39, 0.29) is 12.4 Å². The Balaban J connectivity index is 2.01. The molecule has 0 unspecified atom stereocenters. The number of nitriles is 1. The first-order valence-corrected chi connectivity index (χ1v) is 6.63. The highest BCUT2D eigenvalue weighted by Crippen LogP contribution is 2.10. The van der Waals surface area contributed by atoms with Gasteiger partial charge in [-0.05, 0) is 18.2 Å². The average Bonchev–Trinajstić information content (AvgIpc) is 3.02. The quantitative estimate of drug-likeness (QED) is 0.689. The van der Waals surface area contributed by atoms with E-state index in [4.69, 9.17) is 9.78 Å². The molecule has 2 rings (SSSR count). The molecule has 0 spiro atoms. The van der Waals surface area contributed by atoms with E-state index in [0.29, 0.717) is 23.6 Å². The van der Waals surface area contributed by atoms with Crippen LogP contribution in [0.2, 0.25) is 0 Å². The Hall–Kier alpha value is -2.88. The molecule has 0 saturated carbocycles. The van der Waals surface area contributed by atoms with Crippen LogP contribution in [0, 0.1) is 17.1 Å². The summed E-state index contributed by atoms with van der Waals surface area (Å²) in [5.41, 5.74) is 1.60. The average molecular weight is 301 g/mol. The van der Waals surface area contributed by atoms with Gasteiger partial charge in [0.05, 0.1) is 18.2 Å². The van der Waals surface area contributed by atoms with Gasteiger partial charge in [0.1, 0.15) is 17.8 Å². The van der Waals surface area contributed by atoms with Crippen molar-refractivity contribution >= 4 is 5.96 Å². The number of halogens is 1.